The number of pyridine rings is 1. The number of rotatable bonds is 9. The smallest absolute Gasteiger partial charge is 0.243 e. The summed E-state index contributed by atoms with van der Waals surface area (Å²) in [5, 5.41) is 11.8. The molecule has 12 heteroatoms. The number of fused-ring (bicyclic) bond motifs is 1. The Morgan fingerprint density at radius 2 is 1.69 bits per heavy atom. The molecule has 0 radical (unpaired) electrons. The minimum Gasteiger partial charge on any atom is -0.342 e. The number of carbonyl (C=O) groups excluding carboxylic acids is 2. The van der Waals surface area contributed by atoms with E-state index in [0.29, 0.717) is 37.0 Å². The van der Waals surface area contributed by atoms with Crippen molar-refractivity contribution in [2.45, 2.75) is 48.7 Å². The second kappa shape index (κ2) is 13.5. The second-order valence-electron chi connectivity index (χ2n) is 13.4. The van der Waals surface area contributed by atoms with Gasteiger partial charge in [-0.2, -0.15) is 5.10 Å². The molecule has 3 fully saturated rings. The van der Waals surface area contributed by atoms with Crippen molar-refractivity contribution in [3.8, 4) is 22.6 Å². The maximum atomic E-state index is 13.8. The van der Waals surface area contributed by atoms with Gasteiger partial charge in [0.05, 0.1) is 12.1 Å². The third-order valence-corrected chi connectivity index (χ3v) is 11.9. The number of halogens is 1. The summed E-state index contributed by atoms with van der Waals surface area (Å²) in [7, 11) is 7.48. The Kier molecular flexibility index (Phi) is 8.81. The Hall–Kier alpha value is -4.32. The molecule has 3 aromatic heterocycles. The molecule has 2 amide bonds. The van der Waals surface area contributed by atoms with Crippen LogP contribution in [0.2, 0.25) is 0 Å². The number of nitrogens with one attached hydrogen (secondary N) is 2. The molecule has 2 saturated heterocycles. The monoisotopic (exact) mass is 692 g/mol. The normalized spacial score (nSPS) is 20.1. The molecule has 2 aliphatic heterocycles. The van der Waals surface area contributed by atoms with Gasteiger partial charge in [0.25, 0.3) is 0 Å². The summed E-state index contributed by atoms with van der Waals surface area (Å²) in [4.78, 5) is 44.4. The average Bonchev–Trinajstić information content (AvgIpc) is 3.79. The molecule has 0 spiro atoms. The van der Waals surface area contributed by atoms with Crippen LogP contribution < -0.4 is 5.32 Å². The van der Waals surface area contributed by atoms with Gasteiger partial charge in [-0.15, -0.1) is 0 Å². The van der Waals surface area contributed by atoms with Crippen LogP contribution >= 0.6 is 21.7 Å². The summed E-state index contributed by atoms with van der Waals surface area (Å²) in [6, 6.07) is 20.1. The minimum atomic E-state index is -0.857. The van der Waals surface area contributed by atoms with Gasteiger partial charge in [-0.25, -0.2) is 9.97 Å². The van der Waals surface area contributed by atoms with E-state index < -0.39 is 4.75 Å². The van der Waals surface area contributed by atoms with Gasteiger partial charge in [-0.05, 0) is 102 Å². The summed E-state index contributed by atoms with van der Waals surface area (Å²) in [5.41, 5.74) is 6.81. The van der Waals surface area contributed by atoms with Gasteiger partial charge < -0.3 is 10.2 Å². The number of piperidine rings is 1. The zero-order chi connectivity index (χ0) is 33.4. The van der Waals surface area contributed by atoms with Crippen molar-refractivity contribution < 1.29 is 9.59 Å². The first-order chi connectivity index (χ1) is 24.0. The van der Waals surface area contributed by atoms with Crippen LogP contribution in [0.25, 0.3) is 33.5 Å². The van der Waals surface area contributed by atoms with Crippen molar-refractivity contribution in [1.82, 2.24) is 34.9 Å². The maximum Gasteiger partial charge on any atom is 0.243 e. The van der Waals surface area contributed by atoms with Crippen LogP contribution in [-0.4, -0.2) is 84.2 Å². The number of amides is 2. The van der Waals surface area contributed by atoms with E-state index in [1.165, 1.54) is 18.4 Å². The van der Waals surface area contributed by atoms with E-state index in [2.05, 4.69) is 65.7 Å². The largest absolute Gasteiger partial charge is 0.342 e. The van der Waals surface area contributed by atoms with Crippen LogP contribution in [0, 0.1) is 0 Å². The van der Waals surface area contributed by atoms with Crippen LogP contribution in [-0.2, 0) is 9.59 Å². The van der Waals surface area contributed by atoms with Crippen molar-refractivity contribution in [3.05, 3.63) is 90.5 Å². The fourth-order valence-electron chi connectivity index (χ4n) is 7.14. The van der Waals surface area contributed by atoms with Gasteiger partial charge in [-0.1, -0.05) is 24.3 Å². The first kappa shape index (κ1) is 31.9. The standard InChI is InChI=1S/C37H37ClN8O2S/c38-49-37(36(48)42-29-8-9-31-30(21-29)34(44-43-31)28-10-16-39-32(20-28)26-4-5-26)13-19-45(23-37)22-33(47)46-17-11-25(12-18-46)24-2-6-27(7-3-24)35-40-14-1-15-41-35/h1-3,6-10,14-16,20-21,25-26H,4-5,11-13,17-19,22-23H2,(H,42,48)(H,43,44)/t37-/m0/s1. The van der Waals surface area contributed by atoms with E-state index in [4.69, 9.17) is 10.7 Å². The quantitative estimate of drug-likeness (QED) is 0.177. The number of hydrogen-bond donors (Lipinski definition) is 2. The highest BCUT2D eigenvalue weighted by Gasteiger charge is 2.46. The van der Waals surface area contributed by atoms with Gasteiger partial charge >= 0.3 is 0 Å². The number of likely N-dealkylation sites (tertiary alicyclic amines) is 2. The third kappa shape index (κ3) is 6.67. The van der Waals surface area contributed by atoms with E-state index in [-0.39, 0.29) is 18.4 Å². The molecule has 0 bridgehead atoms. The maximum absolute atomic E-state index is 13.8. The minimum absolute atomic E-state index is 0.102. The van der Waals surface area contributed by atoms with Crippen LogP contribution in [0.1, 0.15) is 55.2 Å². The topological polar surface area (TPSA) is 120 Å². The highest BCUT2D eigenvalue weighted by atomic mass is 35.7. The number of aromatic nitrogens is 5. The van der Waals surface area contributed by atoms with E-state index >= 15 is 0 Å². The number of benzene rings is 2. The average molecular weight is 693 g/mol. The summed E-state index contributed by atoms with van der Waals surface area (Å²) in [5.74, 6) is 1.62. The summed E-state index contributed by atoms with van der Waals surface area (Å²) < 4.78 is -0.857. The fraction of sp³-hybridized carbons (Fsp3) is 0.351. The molecule has 0 unspecified atom stereocenters. The molecule has 2 aromatic carbocycles. The summed E-state index contributed by atoms with van der Waals surface area (Å²) >= 11 is 0. The molecule has 10 nitrogen and oxygen atoms in total. The Morgan fingerprint density at radius 3 is 2.45 bits per heavy atom. The van der Waals surface area contributed by atoms with Gasteiger partial charge in [0.1, 0.15) is 10.4 Å². The zero-order valence-corrected chi connectivity index (χ0v) is 28.6. The van der Waals surface area contributed by atoms with Crippen LogP contribution in [0.15, 0.2) is 79.3 Å². The highest BCUT2D eigenvalue weighted by molar-refractivity contribution is 8.22. The molecule has 1 saturated carbocycles. The van der Waals surface area contributed by atoms with E-state index in [1.54, 1.807) is 12.4 Å². The SMILES string of the molecule is O=C(CN1CC[C@@](SCl)(C(=O)Nc2ccc3[nH]nc(-c4ccnc(C5CC5)c4)c3c2)C1)N1CCC(c2ccc(-c3ncccn3)cc2)CC1. The van der Waals surface area contributed by atoms with Crippen molar-refractivity contribution in [2.75, 3.05) is 38.0 Å². The number of hydrogen-bond acceptors (Lipinski definition) is 8. The van der Waals surface area contributed by atoms with Crippen molar-refractivity contribution >= 4 is 50.1 Å². The fourth-order valence-corrected chi connectivity index (χ4v) is 8.25. The molecule has 3 aliphatic rings. The molecule has 1 atom stereocenters. The Bertz CT molecular complexity index is 1980. The lowest BCUT2D eigenvalue weighted by molar-refractivity contribution is -0.133. The van der Waals surface area contributed by atoms with Crippen LogP contribution in [0.4, 0.5) is 5.69 Å². The predicted octanol–water partition coefficient (Wildman–Crippen LogP) is 6.64. The molecular formula is C37H37ClN8O2S. The molecule has 5 heterocycles. The van der Waals surface area contributed by atoms with Gasteiger partial charge in [-0.3, -0.25) is 24.6 Å². The Balaban J connectivity index is 0.868. The van der Waals surface area contributed by atoms with Crippen molar-refractivity contribution in [1.29, 1.82) is 0 Å². The number of aromatic amines is 1. The Labute approximate surface area is 293 Å². The number of H-pyrrole nitrogens is 1. The molecule has 49 heavy (non-hydrogen) atoms. The van der Waals surface area contributed by atoms with Gasteiger partial charge in [0.2, 0.25) is 11.8 Å². The van der Waals surface area contributed by atoms with Gasteiger partial charge in [0, 0.05) is 78.6 Å². The van der Waals surface area contributed by atoms with Crippen molar-refractivity contribution in [2.24, 2.45) is 0 Å². The lowest BCUT2D eigenvalue weighted by Crippen LogP contribution is -2.46. The summed E-state index contributed by atoms with van der Waals surface area (Å²) in [6.07, 6.45) is 10.1. The molecule has 5 aromatic rings. The van der Waals surface area contributed by atoms with Gasteiger partial charge in [0.15, 0.2) is 5.82 Å². The van der Waals surface area contributed by atoms with E-state index in [0.717, 1.165) is 76.1 Å². The molecule has 1 aliphatic carbocycles. The van der Waals surface area contributed by atoms with E-state index in [1.807, 2.05) is 41.4 Å². The number of carbonyl (C=O) groups is 2. The lowest BCUT2D eigenvalue weighted by atomic mass is 9.89. The van der Waals surface area contributed by atoms with Crippen LogP contribution in [0.3, 0.4) is 0 Å². The molecular weight excluding hydrogens is 656 g/mol. The van der Waals surface area contributed by atoms with E-state index in [9.17, 15) is 9.59 Å². The number of anilines is 1. The first-order valence-electron chi connectivity index (χ1n) is 16.9. The van der Waals surface area contributed by atoms with Crippen molar-refractivity contribution in [3.63, 3.8) is 0 Å². The third-order valence-electron chi connectivity index (χ3n) is 10.2. The molecule has 250 valence electrons. The summed E-state index contributed by atoms with van der Waals surface area (Å²) in [6.45, 7) is 2.76. The molecule has 2 N–H and O–H groups in total. The Morgan fingerprint density at radius 1 is 0.898 bits per heavy atom. The predicted molar refractivity (Wildman–Crippen MR) is 193 cm³/mol. The molecule has 8 rings (SSSR count). The first-order valence-corrected chi connectivity index (χ1v) is 18.6. The lowest BCUT2D eigenvalue weighted by Gasteiger charge is -2.33. The highest BCUT2D eigenvalue weighted by Crippen LogP contribution is 2.41. The number of nitrogens with zero attached hydrogens (tertiary/aromatic N) is 6. The second-order valence-corrected chi connectivity index (χ2v) is 14.8. The van der Waals surface area contributed by atoms with Crippen LogP contribution in [0.5, 0.6) is 0 Å². The zero-order valence-electron chi connectivity index (χ0n) is 27.0.